The Morgan fingerprint density at radius 2 is 1.76 bits per heavy atom. The van der Waals surface area contributed by atoms with E-state index in [2.05, 4.69) is 60.1 Å². The lowest BCUT2D eigenvalue weighted by atomic mass is 10.1. The van der Waals surface area contributed by atoms with Crippen LogP contribution < -0.4 is 10.5 Å². The molecule has 1 unspecified atom stereocenters. The number of rotatable bonds is 5. The molecule has 2 rings (SSSR count). The Kier molecular flexibility index (Phi) is 5.43. The van der Waals surface area contributed by atoms with Gasteiger partial charge in [0.15, 0.2) is 0 Å². The topological polar surface area (TPSA) is 35.2 Å². The van der Waals surface area contributed by atoms with E-state index in [-0.39, 0.29) is 6.04 Å². The lowest BCUT2D eigenvalue weighted by Crippen LogP contribution is -2.17. The highest BCUT2D eigenvalue weighted by atomic mass is 79.9. The van der Waals surface area contributed by atoms with Gasteiger partial charge in [-0.1, -0.05) is 24.3 Å². The summed E-state index contributed by atoms with van der Waals surface area (Å²) in [6, 6.07) is 12.7. The summed E-state index contributed by atoms with van der Waals surface area (Å²) in [5.74, 6) is 0.863. The van der Waals surface area contributed by atoms with Crippen LogP contribution in [0.25, 0.3) is 0 Å². The third-order valence-electron chi connectivity index (χ3n) is 3.52. The van der Waals surface area contributed by atoms with Crippen LogP contribution in [-0.2, 0) is 13.0 Å². The maximum Gasteiger partial charge on any atom is 0.134 e. The third kappa shape index (κ3) is 4.58. The molecule has 0 saturated carbocycles. The van der Waals surface area contributed by atoms with E-state index in [4.69, 9.17) is 10.5 Å². The average molecular weight is 348 g/mol. The predicted molar refractivity (Wildman–Crippen MR) is 91.7 cm³/mol. The average Bonchev–Trinajstić information content (AvgIpc) is 2.41. The maximum absolute atomic E-state index is 5.90. The zero-order valence-corrected chi connectivity index (χ0v) is 14.4. The largest absolute Gasteiger partial charge is 0.488 e. The summed E-state index contributed by atoms with van der Waals surface area (Å²) in [5.41, 5.74) is 10.8. The second kappa shape index (κ2) is 7.10. The second-order valence-electron chi connectivity index (χ2n) is 5.65. The quantitative estimate of drug-likeness (QED) is 0.861. The van der Waals surface area contributed by atoms with Gasteiger partial charge in [0.1, 0.15) is 12.4 Å². The number of nitrogens with two attached hydrogens (primary N) is 1. The smallest absolute Gasteiger partial charge is 0.134 e. The van der Waals surface area contributed by atoms with E-state index in [0.717, 1.165) is 16.6 Å². The molecule has 0 aromatic heterocycles. The molecule has 2 aromatic carbocycles. The Labute approximate surface area is 135 Å². The minimum absolute atomic E-state index is 0.166. The molecular weight excluding hydrogens is 326 g/mol. The molecule has 0 heterocycles. The fourth-order valence-electron chi connectivity index (χ4n) is 2.21. The van der Waals surface area contributed by atoms with Crippen molar-refractivity contribution in [2.75, 3.05) is 0 Å². The van der Waals surface area contributed by atoms with Crippen LogP contribution in [0.5, 0.6) is 5.75 Å². The van der Waals surface area contributed by atoms with Gasteiger partial charge in [-0.2, -0.15) is 0 Å². The lowest BCUT2D eigenvalue weighted by Gasteiger charge is -2.12. The van der Waals surface area contributed by atoms with Gasteiger partial charge in [0.05, 0.1) is 4.47 Å². The molecule has 2 nitrogen and oxygen atoms in total. The first-order valence-corrected chi connectivity index (χ1v) is 7.98. The molecule has 21 heavy (non-hydrogen) atoms. The van der Waals surface area contributed by atoms with E-state index in [0.29, 0.717) is 6.61 Å². The molecule has 0 aliphatic heterocycles. The Bertz CT molecular complexity index is 623. The van der Waals surface area contributed by atoms with Gasteiger partial charge in [0.25, 0.3) is 0 Å². The van der Waals surface area contributed by atoms with E-state index in [1.54, 1.807) is 0 Å². The van der Waals surface area contributed by atoms with Gasteiger partial charge in [0.2, 0.25) is 0 Å². The molecule has 0 amide bonds. The first kappa shape index (κ1) is 16.1. The van der Waals surface area contributed by atoms with Crippen LogP contribution >= 0.6 is 15.9 Å². The first-order valence-electron chi connectivity index (χ1n) is 7.18. The normalized spacial score (nSPS) is 12.2. The molecular formula is C18H22BrNO. The molecule has 112 valence electrons. The highest BCUT2D eigenvalue weighted by Gasteiger charge is 2.05. The molecule has 1 atom stereocenters. The van der Waals surface area contributed by atoms with Gasteiger partial charge < -0.3 is 10.5 Å². The Morgan fingerprint density at radius 1 is 1.05 bits per heavy atom. The van der Waals surface area contributed by atoms with Crippen molar-refractivity contribution in [1.82, 2.24) is 0 Å². The van der Waals surface area contributed by atoms with Gasteiger partial charge in [-0.15, -0.1) is 0 Å². The summed E-state index contributed by atoms with van der Waals surface area (Å²) < 4.78 is 6.88. The van der Waals surface area contributed by atoms with Crippen molar-refractivity contribution in [3.63, 3.8) is 0 Å². The van der Waals surface area contributed by atoms with Crippen LogP contribution in [0, 0.1) is 13.8 Å². The van der Waals surface area contributed by atoms with Gasteiger partial charge >= 0.3 is 0 Å². The standard InChI is InChI=1S/C18H22BrNO/c1-12-4-5-16(8-13(12)2)11-21-18-7-6-15(9-14(3)20)10-17(18)19/h4-8,10,14H,9,11,20H2,1-3H3. The molecule has 2 N–H and O–H groups in total. The van der Waals surface area contributed by atoms with Crippen molar-refractivity contribution < 1.29 is 4.74 Å². The van der Waals surface area contributed by atoms with Crippen LogP contribution in [0.15, 0.2) is 40.9 Å². The van der Waals surface area contributed by atoms with Gasteiger partial charge in [-0.25, -0.2) is 0 Å². The number of aryl methyl sites for hydroxylation is 2. The fraction of sp³-hybridized carbons (Fsp3) is 0.333. The number of ether oxygens (including phenoxy) is 1. The highest BCUT2D eigenvalue weighted by Crippen LogP contribution is 2.27. The van der Waals surface area contributed by atoms with Crippen molar-refractivity contribution in [2.45, 2.75) is 39.8 Å². The zero-order valence-electron chi connectivity index (χ0n) is 12.8. The summed E-state index contributed by atoms with van der Waals surface area (Å²) in [6.07, 6.45) is 0.871. The monoisotopic (exact) mass is 347 g/mol. The molecule has 0 spiro atoms. The van der Waals surface area contributed by atoms with Gasteiger partial charge in [0, 0.05) is 6.04 Å². The zero-order chi connectivity index (χ0) is 15.4. The van der Waals surface area contributed by atoms with Crippen molar-refractivity contribution in [1.29, 1.82) is 0 Å². The molecule has 0 radical (unpaired) electrons. The SMILES string of the molecule is Cc1ccc(COc2ccc(CC(C)N)cc2Br)cc1C. The Morgan fingerprint density at radius 3 is 2.38 bits per heavy atom. The van der Waals surface area contributed by atoms with E-state index in [1.165, 1.54) is 22.3 Å². The molecule has 0 fully saturated rings. The van der Waals surface area contributed by atoms with Gasteiger partial charge in [-0.3, -0.25) is 0 Å². The van der Waals surface area contributed by atoms with Crippen molar-refractivity contribution in [3.05, 3.63) is 63.1 Å². The lowest BCUT2D eigenvalue weighted by molar-refractivity contribution is 0.304. The summed E-state index contributed by atoms with van der Waals surface area (Å²) in [6.45, 7) is 6.83. The summed E-state index contributed by atoms with van der Waals surface area (Å²) in [4.78, 5) is 0. The van der Waals surface area contributed by atoms with Gasteiger partial charge in [-0.05, 0) is 77.5 Å². The van der Waals surface area contributed by atoms with E-state index in [9.17, 15) is 0 Å². The van der Waals surface area contributed by atoms with E-state index < -0.39 is 0 Å². The molecule has 0 aliphatic carbocycles. The Balaban J connectivity index is 2.04. The maximum atomic E-state index is 5.90. The molecule has 0 saturated heterocycles. The summed E-state index contributed by atoms with van der Waals surface area (Å²) in [5, 5.41) is 0. The van der Waals surface area contributed by atoms with Crippen LogP contribution in [-0.4, -0.2) is 6.04 Å². The molecule has 0 bridgehead atoms. The Hall–Kier alpha value is -1.32. The van der Waals surface area contributed by atoms with E-state index in [1.807, 2.05) is 13.0 Å². The number of hydrogen-bond donors (Lipinski definition) is 1. The van der Waals surface area contributed by atoms with Crippen LogP contribution in [0.1, 0.15) is 29.2 Å². The minimum atomic E-state index is 0.166. The summed E-state index contributed by atoms with van der Waals surface area (Å²) >= 11 is 3.57. The minimum Gasteiger partial charge on any atom is -0.488 e. The second-order valence-corrected chi connectivity index (χ2v) is 6.51. The molecule has 0 aliphatic rings. The van der Waals surface area contributed by atoms with Crippen LogP contribution in [0.4, 0.5) is 0 Å². The van der Waals surface area contributed by atoms with E-state index >= 15 is 0 Å². The molecule has 2 aromatic rings. The third-order valence-corrected chi connectivity index (χ3v) is 4.14. The van der Waals surface area contributed by atoms with Crippen LogP contribution in [0.3, 0.4) is 0 Å². The number of hydrogen-bond acceptors (Lipinski definition) is 2. The van der Waals surface area contributed by atoms with Crippen molar-refractivity contribution in [2.24, 2.45) is 5.73 Å². The number of halogens is 1. The van der Waals surface area contributed by atoms with Crippen molar-refractivity contribution >= 4 is 15.9 Å². The predicted octanol–water partition coefficient (Wildman–Crippen LogP) is 4.53. The first-order chi connectivity index (χ1) is 9.95. The van der Waals surface area contributed by atoms with Crippen LogP contribution in [0.2, 0.25) is 0 Å². The van der Waals surface area contributed by atoms with Crippen molar-refractivity contribution in [3.8, 4) is 5.75 Å². The number of benzene rings is 2. The summed E-state index contributed by atoms with van der Waals surface area (Å²) in [7, 11) is 0. The highest BCUT2D eigenvalue weighted by molar-refractivity contribution is 9.10. The fourth-order valence-corrected chi connectivity index (χ4v) is 2.76. The molecule has 3 heteroatoms.